The van der Waals surface area contributed by atoms with Crippen molar-refractivity contribution in [3.63, 3.8) is 0 Å². The standard InChI is InChI=1S/C28H36ClF3N6O/c1-16(2)24(20-8-10-21(11-9-20)28(30,31)32)36-13-18(4)37(14-17(36)3)25-23-26(35-27(29)34-25)38(19(5)33-23)15-22-7-6-12-39-22/h8-11,16-18,22,24H,6-7,12-15H2,1-5H3/t17-,18+,22+,24?/m1/s1. The van der Waals surface area contributed by atoms with Crippen LogP contribution < -0.4 is 4.90 Å². The lowest BCUT2D eigenvalue weighted by Gasteiger charge is -2.49. The molecule has 3 aromatic rings. The zero-order valence-corrected chi connectivity index (χ0v) is 23.8. The molecule has 0 radical (unpaired) electrons. The summed E-state index contributed by atoms with van der Waals surface area (Å²) in [4.78, 5) is 18.7. The monoisotopic (exact) mass is 564 g/mol. The number of imidazole rings is 1. The molecule has 212 valence electrons. The Morgan fingerprint density at radius 2 is 1.77 bits per heavy atom. The molecule has 2 aromatic heterocycles. The number of alkyl halides is 3. The second-order valence-corrected chi connectivity index (χ2v) is 11.6. The van der Waals surface area contributed by atoms with Gasteiger partial charge in [0.2, 0.25) is 5.28 Å². The minimum atomic E-state index is -4.35. The first-order valence-electron chi connectivity index (χ1n) is 13.7. The van der Waals surface area contributed by atoms with Gasteiger partial charge in [-0.1, -0.05) is 26.0 Å². The Balaban J connectivity index is 1.43. The number of fused-ring (bicyclic) bond motifs is 1. The molecule has 2 fully saturated rings. The molecular weight excluding hydrogens is 529 g/mol. The van der Waals surface area contributed by atoms with Crippen molar-refractivity contribution in [1.29, 1.82) is 0 Å². The van der Waals surface area contributed by atoms with Gasteiger partial charge >= 0.3 is 6.18 Å². The second kappa shape index (κ2) is 10.9. The average Bonchev–Trinajstić information content (AvgIpc) is 3.49. The van der Waals surface area contributed by atoms with Crippen LogP contribution in [0.15, 0.2) is 24.3 Å². The van der Waals surface area contributed by atoms with Gasteiger partial charge in [0.05, 0.1) is 18.2 Å². The van der Waals surface area contributed by atoms with Crippen LogP contribution >= 0.6 is 11.6 Å². The van der Waals surface area contributed by atoms with Crippen LogP contribution in [0.1, 0.15) is 63.5 Å². The van der Waals surface area contributed by atoms with Crippen molar-refractivity contribution in [2.45, 2.75) is 84.4 Å². The summed E-state index contributed by atoms with van der Waals surface area (Å²) in [6.45, 7) is 13.3. The van der Waals surface area contributed by atoms with Crippen LogP contribution in [0.4, 0.5) is 19.0 Å². The van der Waals surface area contributed by atoms with E-state index in [9.17, 15) is 13.2 Å². The predicted octanol–water partition coefficient (Wildman–Crippen LogP) is 6.28. The third kappa shape index (κ3) is 5.60. The highest BCUT2D eigenvalue weighted by atomic mass is 35.5. The molecule has 39 heavy (non-hydrogen) atoms. The van der Waals surface area contributed by atoms with E-state index >= 15 is 0 Å². The summed E-state index contributed by atoms with van der Waals surface area (Å²) in [5.41, 5.74) is 1.70. The van der Waals surface area contributed by atoms with Gasteiger partial charge in [0, 0.05) is 37.8 Å². The van der Waals surface area contributed by atoms with Crippen molar-refractivity contribution in [1.82, 2.24) is 24.4 Å². The molecule has 0 amide bonds. The minimum absolute atomic E-state index is 0.0197. The van der Waals surface area contributed by atoms with Crippen LogP contribution in [0.3, 0.4) is 0 Å². The number of aryl methyl sites for hydroxylation is 1. The molecule has 2 saturated heterocycles. The van der Waals surface area contributed by atoms with Crippen molar-refractivity contribution >= 4 is 28.6 Å². The molecule has 0 aliphatic carbocycles. The van der Waals surface area contributed by atoms with E-state index in [1.54, 1.807) is 12.1 Å². The first kappa shape index (κ1) is 28.1. The predicted molar refractivity (Wildman–Crippen MR) is 146 cm³/mol. The number of halogens is 4. The van der Waals surface area contributed by atoms with Crippen molar-refractivity contribution in [2.75, 3.05) is 24.6 Å². The number of piperazine rings is 1. The topological polar surface area (TPSA) is 59.3 Å². The van der Waals surface area contributed by atoms with Crippen molar-refractivity contribution in [3.8, 4) is 0 Å². The number of aromatic nitrogens is 4. The van der Waals surface area contributed by atoms with E-state index in [2.05, 4.69) is 52.0 Å². The minimum Gasteiger partial charge on any atom is -0.376 e. The Bertz CT molecular complexity index is 1310. The van der Waals surface area contributed by atoms with E-state index in [0.29, 0.717) is 31.1 Å². The maximum atomic E-state index is 13.2. The number of hydrogen-bond acceptors (Lipinski definition) is 6. The average molecular weight is 565 g/mol. The lowest BCUT2D eigenvalue weighted by Crippen LogP contribution is -2.58. The zero-order valence-electron chi connectivity index (χ0n) is 23.0. The molecule has 0 saturated carbocycles. The highest BCUT2D eigenvalue weighted by Crippen LogP contribution is 2.37. The molecule has 2 aliphatic rings. The number of benzene rings is 1. The summed E-state index contributed by atoms with van der Waals surface area (Å²) in [6, 6.07) is 5.76. The van der Waals surface area contributed by atoms with Gasteiger partial charge in [-0.15, -0.1) is 0 Å². The number of nitrogens with zero attached hydrogens (tertiary/aromatic N) is 6. The van der Waals surface area contributed by atoms with Gasteiger partial charge in [0.15, 0.2) is 17.0 Å². The van der Waals surface area contributed by atoms with E-state index in [1.165, 1.54) is 12.1 Å². The van der Waals surface area contributed by atoms with E-state index in [-0.39, 0.29) is 35.4 Å². The van der Waals surface area contributed by atoms with Crippen molar-refractivity contribution in [3.05, 3.63) is 46.5 Å². The Morgan fingerprint density at radius 3 is 2.38 bits per heavy atom. The molecule has 11 heteroatoms. The van der Waals surface area contributed by atoms with Crippen LogP contribution in [0.25, 0.3) is 11.2 Å². The highest BCUT2D eigenvalue weighted by Gasteiger charge is 2.38. The maximum absolute atomic E-state index is 13.2. The number of hydrogen-bond donors (Lipinski definition) is 0. The fourth-order valence-corrected chi connectivity index (χ4v) is 6.30. The third-order valence-corrected chi connectivity index (χ3v) is 8.19. The Labute approximate surface area is 232 Å². The molecule has 0 spiro atoms. The SMILES string of the molecule is Cc1nc2c(N3C[C@@H](C)N(C(c4ccc(C(F)(F)F)cc4)C(C)C)C[C@@H]3C)nc(Cl)nc2n1C[C@@H]1CCCO1. The molecule has 0 N–H and O–H groups in total. The summed E-state index contributed by atoms with van der Waals surface area (Å²) in [6.07, 6.45) is -2.14. The summed E-state index contributed by atoms with van der Waals surface area (Å²) >= 11 is 6.46. The third-order valence-electron chi connectivity index (χ3n) is 8.02. The summed E-state index contributed by atoms with van der Waals surface area (Å²) in [5.74, 6) is 1.77. The lowest BCUT2D eigenvalue weighted by molar-refractivity contribution is -0.137. The van der Waals surface area contributed by atoms with Gasteiger partial charge in [-0.25, -0.2) is 4.98 Å². The molecule has 4 atom stereocenters. The van der Waals surface area contributed by atoms with E-state index in [0.717, 1.165) is 36.4 Å². The van der Waals surface area contributed by atoms with Crippen molar-refractivity contribution < 1.29 is 17.9 Å². The Kier molecular flexibility index (Phi) is 7.83. The van der Waals surface area contributed by atoms with Crippen LogP contribution in [0.5, 0.6) is 0 Å². The van der Waals surface area contributed by atoms with Crippen LogP contribution in [0, 0.1) is 12.8 Å². The maximum Gasteiger partial charge on any atom is 0.416 e. The molecular formula is C28H36ClF3N6O. The van der Waals surface area contributed by atoms with Gasteiger partial charge in [0.1, 0.15) is 5.82 Å². The van der Waals surface area contributed by atoms with Crippen molar-refractivity contribution in [2.24, 2.45) is 5.92 Å². The first-order valence-corrected chi connectivity index (χ1v) is 14.0. The van der Waals surface area contributed by atoms with Crippen LogP contribution in [-0.4, -0.2) is 62.3 Å². The van der Waals surface area contributed by atoms with Crippen LogP contribution in [0.2, 0.25) is 5.28 Å². The Hall–Kier alpha value is -2.43. The van der Waals surface area contributed by atoms with Gasteiger partial charge in [-0.3, -0.25) is 4.90 Å². The fourth-order valence-electron chi connectivity index (χ4n) is 6.14. The molecule has 0 bridgehead atoms. The van der Waals surface area contributed by atoms with Gasteiger partial charge in [-0.05, 0) is 68.8 Å². The van der Waals surface area contributed by atoms with Gasteiger partial charge in [0.25, 0.3) is 0 Å². The van der Waals surface area contributed by atoms with Gasteiger partial charge < -0.3 is 14.2 Å². The number of ether oxygens (including phenoxy) is 1. The highest BCUT2D eigenvalue weighted by molar-refractivity contribution is 6.28. The lowest BCUT2D eigenvalue weighted by atomic mass is 9.90. The molecule has 1 aromatic carbocycles. The number of anilines is 1. The molecule has 7 nitrogen and oxygen atoms in total. The number of rotatable bonds is 6. The van der Waals surface area contributed by atoms with E-state index in [1.807, 2.05) is 6.92 Å². The first-order chi connectivity index (χ1) is 18.4. The smallest absolute Gasteiger partial charge is 0.376 e. The molecule has 5 rings (SSSR count). The zero-order chi connectivity index (χ0) is 28.1. The molecule has 2 aliphatic heterocycles. The normalized spacial score (nSPS) is 23.7. The quantitative estimate of drug-likeness (QED) is 0.328. The van der Waals surface area contributed by atoms with E-state index < -0.39 is 11.7 Å². The summed E-state index contributed by atoms with van der Waals surface area (Å²) in [7, 11) is 0. The second-order valence-electron chi connectivity index (χ2n) is 11.2. The summed E-state index contributed by atoms with van der Waals surface area (Å²) < 4.78 is 47.4. The molecule has 1 unspecified atom stereocenters. The summed E-state index contributed by atoms with van der Waals surface area (Å²) in [5, 5.41) is 0.179. The van der Waals surface area contributed by atoms with Crippen LogP contribution in [-0.2, 0) is 17.5 Å². The Morgan fingerprint density at radius 1 is 1.05 bits per heavy atom. The largest absolute Gasteiger partial charge is 0.416 e. The fraction of sp³-hybridized carbons (Fsp3) is 0.607. The van der Waals surface area contributed by atoms with E-state index in [4.69, 9.17) is 21.3 Å². The van der Waals surface area contributed by atoms with Gasteiger partial charge in [-0.2, -0.15) is 23.1 Å². The molecule has 4 heterocycles.